The second-order valence-electron chi connectivity index (χ2n) is 6.53. The Labute approximate surface area is 140 Å². The molecule has 0 bridgehead atoms. The van der Waals surface area contributed by atoms with E-state index >= 15 is 0 Å². The van der Waals surface area contributed by atoms with E-state index in [1.54, 1.807) is 12.1 Å². The maximum absolute atomic E-state index is 12.4. The molecule has 0 radical (unpaired) electrons. The highest BCUT2D eigenvalue weighted by Gasteiger charge is 2.36. The van der Waals surface area contributed by atoms with Gasteiger partial charge in [0.1, 0.15) is 0 Å². The highest BCUT2D eigenvalue weighted by molar-refractivity contribution is 6.00. The fourth-order valence-corrected chi connectivity index (χ4v) is 3.47. The number of nitro benzene ring substituents is 1. The second kappa shape index (κ2) is 6.98. The SMILES string of the molecule is O=C(NC1CCCCC1)[C@H]1CC(=O)N(c2cccc([N+](=O)[O-])c2)C1. The number of hydrogen-bond acceptors (Lipinski definition) is 4. The van der Waals surface area contributed by atoms with Gasteiger partial charge >= 0.3 is 0 Å². The lowest BCUT2D eigenvalue weighted by atomic mass is 9.95. The molecule has 0 unspecified atom stereocenters. The second-order valence-corrected chi connectivity index (χ2v) is 6.53. The van der Waals surface area contributed by atoms with Crippen molar-refractivity contribution in [3.8, 4) is 0 Å². The summed E-state index contributed by atoms with van der Waals surface area (Å²) in [6, 6.07) is 6.19. The Morgan fingerprint density at radius 3 is 2.71 bits per heavy atom. The smallest absolute Gasteiger partial charge is 0.271 e. The topological polar surface area (TPSA) is 92.6 Å². The van der Waals surface area contributed by atoms with Crippen molar-refractivity contribution in [1.29, 1.82) is 0 Å². The number of anilines is 1. The third-order valence-corrected chi connectivity index (χ3v) is 4.80. The maximum Gasteiger partial charge on any atom is 0.271 e. The number of nitro groups is 1. The van der Waals surface area contributed by atoms with E-state index < -0.39 is 10.8 Å². The molecular weight excluding hydrogens is 310 g/mol. The monoisotopic (exact) mass is 331 g/mol. The van der Waals surface area contributed by atoms with E-state index in [1.165, 1.54) is 23.5 Å². The van der Waals surface area contributed by atoms with E-state index in [0.29, 0.717) is 5.69 Å². The predicted octanol–water partition coefficient (Wildman–Crippen LogP) is 2.40. The third-order valence-electron chi connectivity index (χ3n) is 4.80. The molecule has 24 heavy (non-hydrogen) atoms. The average molecular weight is 331 g/mol. The van der Waals surface area contributed by atoms with Crippen LogP contribution in [-0.4, -0.2) is 29.3 Å². The van der Waals surface area contributed by atoms with Gasteiger partial charge in [0.25, 0.3) is 5.69 Å². The number of benzene rings is 1. The van der Waals surface area contributed by atoms with Gasteiger partial charge in [-0.1, -0.05) is 25.3 Å². The van der Waals surface area contributed by atoms with Gasteiger partial charge in [0.2, 0.25) is 11.8 Å². The van der Waals surface area contributed by atoms with Crippen LogP contribution in [0.25, 0.3) is 0 Å². The van der Waals surface area contributed by atoms with Gasteiger partial charge in [0.05, 0.1) is 16.5 Å². The van der Waals surface area contributed by atoms with Gasteiger partial charge in [0, 0.05) is 31.1 Å². The summed E-state index contributed by atoms with van der Waals surface area (Å²) in [4.78, 5) is 36.5. The number of nitrogens with zero attached hydrogens (tertiary/aromatic N) is 2. The molecule has 2 amide bonds. The van der Waals surface area contributed by atoms with E-state index in [1.807, 2.05) is 0 Å². The molecule has 1 saturated heterocycles. The first kappa shape index (κ1) is 16.4. The Balaban J connectivity index is 1.65. The molecule has 1 aliphatic carbocycles. The van der Waals surface area contributed by atoms with Crippen molar-refractivity contribution in [3.05, 3.63) is 34.4 Å². The van der Waals surface area contributed by atoms with Crippen LogP contribution in [0.15, 0.2) is 24.3 Å². The van der Waals surface area contributed by atoms with Crippen LogP contribution in [0.1, 0.15) is 38.5 Å². The number of amides is 2. The zero-order valence-electron chi connectivity index (χ0n) is 13.4. The van der Waals surface area contributed by atoms with E-state index in [0.717, 1.165) is 25.7 Å². The summed E-state index contributed by atoms with van der Waals surface area (Å²) in [5, 5.41) is 13.9. The van der Waals surface area contributed by atoms with Gasteiger partial charge in [-0.15, -0.1) is 0 Å². The molecule has 1 aliphatic heterocycles. The summed E-state index contributed by atoms with van der Waals surface area (Å²) in [6.07, 6.45) is 5.64. The van der Waals surface area contributed by atoms with Crippen LogP contribution < -0.4 is 10.2 Å². The molecule has 1 aromatic carbocycles. The lowest BCUT2D eigenvalue weighted by molar-refractivity contribution is -0.384. The molecule has 128 valence electrons. The largest absolute Gasteiger partial charge is 0.353 e. The van der Waals surface area contributed by atoms with Crippen LogP contribution in [0.4, 0.5) is 11.4 Å². The molecule has 0 aromatic heterocycles. The minimum Gasteiger partial charge on any atom is -0.353 e. The number of nitrogens with one attached hydrogen (secondary N) is 1. The quantitative estimate of drug-likeness (QED) is 0.677. The van der Waals surface area contributed by atoms with E-state index in [-0.39, 0.29) is 36.5 Å². The molecule has 1 aromatic rings. The van der Waals surface area contributed by atoms with Gasteiger partial charge in [-0.25, -0.2) is 0 Å². The van der Waals surface area contributed by atoms with Gasteiger partial charge in [-0.05, 0) is 18.9 Å². The first-order chi connectivity index (χ1) is 11.5. The predicted molar refractivity (Wildman–Crippen MR) is 88.6 cm³/mol. The molecule has 3 rings (SSSR count). The molecule has 2 fully saturated rings. The molecule has 1 atom stereocenters. The Morgan fingerprint density at radius 1 is 1.25 bits per heavy atom. The fourth-order valence-electron chi connectivity index (χ4n) is 3.47. The molecule has 1 heterocycles. The summed E-state index contributed by atoms with van der Waals surface area (Å²) < 4.78 is 0. The molecule has 7 heteroatoms. The van der Waals surface area contributed by atoms with Crippen molar-refractivity contribution in [2.24, 2.45) is 5.92 Å². The van der Waals surface area contributed by atoms with Crippen molar-refractivity contribution in [2.45, 2.75) is 44.6 Å². The molecule has 1 saturated carbocycles. The first-order valence-corrected chi connectivity index (χ1v) is 8.40. The Kier molecular flexibility index (Phi) is 4.78. The highest BCUT2D eigenvalue weighted by atomic mass is 16.6. The van der Waals surface area contributed by atoms with Crippen LogP contribution in [0.3, 0.4) is 0 Å². The zero-order valence-corrected chi connectivity index (χ0v) is 13.4. The Morgan fingerprint density at radius 2 is 2.00 bits per heavy atom. The number of non-ortho nitro benzene ring substituents is 1. The van der Waals surface area contributed by atoms with E-state index in [4.69, 9.17) is 0 Å². The maximum atomic E-state index is 12.4. The zero-order chi connectivity index (χ0) is 17.1. The van der Waals surface area contributed by atoms with Gasteiger partial charge in [0.15, 0.2) is 0 Å². The lowest BCUT2D eigenvalue weighted by Crippen LogP contribution is -2.40. The summed E-state index contributed by atoms with van der Waals surface area (Å²) in [5.41, 5.74) is 0.414. The van der Waals surface area contributed by atoms with E-state index in [9.17, 15) is 19.7 Å². The normalized spacial score (nSPS) is 21.8. The Hall–Kier alpha value is -2.44. The molecular formula is C17H21N3O4. The van der Waals surface area contributed by atoms with Crippen LogP contribution in [-0.2, 0) is 9.59 Å². The van der Waals surface area contributed by atoms with Crippen molar-refractivity contribution in [2.75, 3.05) is 11.4 Å². The summed E-state index contributed by atoms with van der Waals surface area (Å²) in [5.74, 6) is -0.638. The average Bonchev–Trinajstić information content (AvgIpc) is 2.98. The molecule has 7 nitrogen and oxygen atoms in total. The van der Waals surface area contributed by atoms with Crippen molar-refractivity contribution >= 4 is 23.2 Å². The van der Waals surface area contributed by atoms with Gasteiger partial charge in [-0.3, -0.25) is 19.7 Å². The first-order valence-electron chi connectivity index (χ1n) is 8.40. The minimum atomic E-state index is -0.489. The van der Waals surface area contributed by atoms with Crippen molar-refractivity contribution in [3.63, 3.8) is 0 Å². The third kappa shape index (κ3) is 3.55. The van der Waals surface area contributed by atoms with E-state index in [2.05, 4.69) is 5.32 Å². The van der Waals surface area contributed by atoms with Crippen molar-refractivity contribution in [1.82, 2.24) is 5.32 Å². The molecule has 0 spiro atoms. The summed E-state index contributed by atoms with van der Waals surface area (Å²) >= 11 is 0. The van der Waals surface area contributed by atoms with Crippen LogP contribution >= 0.6 is 0 Å². The number of hydrogen-bond donors (Lipinski definition) is 1. The highest BCUT2D eigenvalue weighted by Crippen LogP contribution is 2.28. The Bertz CT molecular complexity index is 655. The van der Waals surface area contributed by atoms with Crippen LogP contribution in [0.5, 0.6) is 0 Å². The number of carbonyl (C=O) groups is 2. The number of rotatable bonds is 4. The number of carbonyl (C=O) groups excluding carboxylic acids is 2. The van der Waals surface area contributed by atoms with Crippen LogP contribution in [0, 0.1) is 16.0 Å². The van der Waals surface area contributed by atoms with Gasteiger partial charge in [-0.2, -0.15) is 0 Å². The standard InChI is InChI=1S/C17H21N3O4/c21-16-9-12(17(22)18-13-5-2-1-3-6-13)11-19(16)14-7-4-8-15(10-14)20(23)24/h4,7-8,10,12-13H,1-3,5-6,9,11H2,(H,18,22)/t12-/m0/s1. The van der Waals surface area contributed by atoms with Crippen molar-refractivity contribution < 1.29 is 14.5 Å². The molecule has 1 N–H and O–H groups in total. The molecule has 2 aliphatic rings. The minimum absolute atomic E-state index is 0.0598. The fraction of sp³-hybridized carbons (Fsp3) is 0.529. The van der Waals surface area contributed by atoms with Crippen LogP contribution in [0.2, 0.25) is 0 Å². The summed E-state index contributed by atoms with van der Waals surface area (Å²) in [6.45, 7) is 0.276. The van der Waals surface area contributed by atoms with Gasteiger partial charge < -0.3 is 10.2 Å². The lowest BCUT2D eigenvalue weighted by Gasteiger charge is -2.24. The summed E-state index contributed by atoms with van der Waals surface area (Å²) in [7, 11) is 0.